The molecule has 0 spiro atoms. The summed E-state index contributed by atoms with van der Waals surface area (Å²) in [5, 5.41) is 12.5. The van der Waals surface area contributed by atoms with Crippen LogP contribution in [0.2, 0.25) is 0 Å². The Balaban J connectivity index is 1.83. The summed E-state index contributed by atoms with van der Waals surface area (Å²) in [4.78, 5) is 25.1. The Morgan fingerprint density at radius 3 is 2.47 bits per heavy atom. The van der Waals surface area contributed by atoms with Crippen molar-refractivity contribution in [3.05, 3.63) is 76.4 Å². The predicted octanol–water partition coefficient (Wildman–Crippen LogP) is 3.92. The molecule has 0 bridgehead atoms. The quantitative estimate of drug-likeness (QED) is 0.504. The second-order valence-electron chi connectivity index (χ2n) is 7.91. The maximum Gasteiger partial charge on any atom is 0.338 e. The predicted molar refractivity (Wildman–Crippen MR) is 133 cm³/mol. The van der Waals surface area contributed by atoms with E-state index in [0.717, 1.165) is 6.42 Å². The largest absolute Gasteiger partial charge is 0.493 e. The van der Waals surface area contributed by atoms with Gasteiger partial charge in [-0.05, 0) is 55.7 Å². The molecule has 0 radical (unpaired) electrons. The molecule has 9 heteroatoms. The van der Waals surface area contributed by atoms with E-state index in [-0.39, 0.29) is 41.9 Å². The molecule has 36 heavy (non-hydrogen) atoms. The van der Waals surface area contributed by atoms with Gasteiger partial charge in [0.25, 0.3) is 5.91 Å². The first kappa shape index (κ1) is 26.2. The Bertz CT molecular complexity index is 1240. The molecule has 1 aliphatic rings. The average molecular weight is 492 g/mol. The third-order valence-electron chi connectivity index (χ3n) is 5.63. The summed E-state index contributed by atoms with van der Waals surface area (Å²) >= 11 is 0. The van der Waals surface area contributed by atoms with Crippen LogP contribution in [-0.4, -0.2) is 32.2 Å². The molecule has 2 aromatic carbocycles. The minimum Gasteiger partial charge on any atom is -0.493 e. The summed E-state index contributed by atoms with van der Waals surface area (Å²) in [7, 11) is 1.45. The molecule has 188 valence electrons. The van der Waals surface area contributed by atoms with E-state index in [1.807, 2.05) is 30.3 Å². The van der Waals surface area contributed by atoms with E-state index in [2.05, 4.69) is 12.2 Å². The second-order valence-corrected chi connectivity index (χ2v) is 7.91. The monoisotopic (exact) mass is 491 g/mol. The van der Waals surface area contributed by atoms with Gasteiger partial charge in [0.15, 0.2) is 18.1 Å². The number of hydrogen-bond acceptors (Lipinski definition) is 8. The maximum absolute atomic E-state index is 12.7. The minimum atomic E-state index is -0.819. The van der Waals surface area contributed by atoms with Gasteiger partial charge in [-0.3, -0.25) is 4.79 Å². The van der Waals surface area contributed by atoms with Crippen molar-refractivity contribution in [2.45, 2.75) is 33.1 Å². The van der Waals surface area contributed by atoms with Gasteiger partial charge in [0.2, 0.25) is 5.88 Å². The molecule has 0 saturated heterocycles. The molecule has 1 amide bonds. The lowest BCUT2D eigenvalue weighted by Gasteiger charge is -2.27. The number of esters is 1. The number of nitriles is 1. The van der Waals surface area contributed by atoms with E-state index in [9.17, 15) is 14.9 Å². The van der Waals surface area contributed by atoms with Crippen LogP contribution < -0.4 is 20.5 Å². The van der Waals surface area contributed by atoms with Crippen LogP contribution in [0.3, 0.4) is 0 Å². The van der Waals surface area contributed by atoms with Crippen LogP contribution in [0.5, 0.6) is 11.5 Å². The topological polar surface area (TPSA) is 133 Å². The lowest BCUT2D eigenvalue weighted by molar-refractivity contribution is -0.139. The van der Waals surface area contributed by atoms with Crippen molar-refractivity contribution in [2.75, 3.05) is 25.6 Å². The van der Waals surface area contributed by atoms with Crippen molar-refractivity contribution in [2.24, 2.45) is 5.73 Å². The normalized spacial score (nSPS) is 15.0. The number of carbonyl (C=O) groups is 2. The van der Waals surface area contributed by atoms with Crippen LogP contribution >= 0.6 is 0 Å². The lowest BCUT2D eigenvalue weighted by atomic mass is 9.83. The molecular formula is C27H29N3O6. The summed E-state index contributed by atoms with van der Waals surface area (Å²) in [5.41, 5.74) is 8.59. The van der Waals surface area contributed by atoms with E-state index in [1.165, 1.54) is 12.7 Å². The fourth-order valence-corrected chi connectivity index (χ4v) is 3.84. The summed E-state index contributed by atoms with van der Waals surface area (Å²) in [6.45, 7) is 5.25. The Morgan fingerprint density at radius 2 is 1.86 bits per heavy atom. The third-order valence-corrected chi connectivity index (χ3v) is 5.63. The highest BCUT2D eigenvalue weighted by molar-refractivity contribution is 5.93. The number of nitrogens with two attached hydrogens (primary N) is 1. The van der Waals surface area contributed by atoms with Crippen molar-refractivity contribution in [1.29, 1.82) is 5.26 Å². The van der Waals surface area contributed by atoms with Gasteiger partial charge in [0.05, 0.1) is 25.2 Å². The van der Waals surface area contributed by atoms with Crippen molar-refractivity contribution in [3.63, 3.8) is 0 Å². The molecule has 9 nitrogen and oxygen atoms in total. The standard InChI is InChI=1S/C27H29N3O6/c1-5-17-7-10-19(11-8-17)30-23(31)15-35-21-12-9-18(13-22(21)33-4)25-20(14-28)26(29)36-16(3)24(25)27(32)34-6-2/h7-13,25H,5-6,15,29H2,1-4H3,(H,30,31). The Hall–Kier alpha value is -4.45. The number of ether oxygens (including phenoxy) is 4. The highest BCUT2D eigenvalue weighted by Crippen LogP contribution is 2.42. The Morgan fingerprint density at radius 1 is 1.14 bits per heavy atom. The third kappa shape index (κ3) is 5.78. The van der Waals surface area contributed by atoms with Gasteiger partial charge < -0.3 is 30.0 Å². The van der Waals surface area contributed by atoms with Gasteiger partial charge in [-0.15, -0.1) is 0 Å². The fourth-order valence-electron chi connectivity index (χ4n) is 3.84. The number of carbonyl (C=O) groups excluding carboxylic acids is 2. The first-order valence-electron chi connectivity index (χ1n) is 11.5. The van der Waals surface area contributed by atoms with E-state index in [0.29, 0.717) is 22.7 Å². The van der Waals surface area contributed by atoms with Gasteiger partial charge in [-0.2, -0.15) is 5.26 Å². The zero-order valence-corrected chi connectivity index (χ0v) is 20.7. The number of benzene rings is 2. The van der Waals surface area contributed by atoms with Crippen LogP contribution in [0.15, 0.2) is 65.3 Å². The Labute approximate surface area is 210 Å². The first-order chi connectivity index (χ1) is 17.3. The molecule has 1 unspecified atom stereocenters. The number of rotatable bonds is 9. The number of nitrogens with zero attached hydrogens (tertiary/aromatic N) is 1. The van der Waals surface area contributed by atoms with Gasteiger partial charge in [0.1, 0.15) is 17.4 Å². The fraction of sp³-hybridized carbons (Fsp3) is 0.296. The van der Waals surface area contributed by atoms with Gasteiger partial charge in [-0.25, -0.2) is 4.79 Å². The SMILES string of the molecule is CCOC(=O)C1=C(C)OC(N)=C(C#N)C1c1ccc(OCC(=O)Nc2ccc(CC)cc2)c(OC)c1. The number of aryl methyl sites for hydroxylation is 1. The zero-order chi connectivity index (χ0) is 26.2. The number of methoxy groups -OCH3 is 1. The van der Waals surface area contributed by atoms with E-state index < -0.39 is 11.9 Å². The van der Waals surface area contributed by atoms with E-state index >= 15 is 0 Å². The molecule has 3 rings (SSSR count). The molecule has 0 aliphatic carbocycles. The van der Waals surface area contributed by atoms with Crippen molar-refractivity contribution < 1.29 is 28.5 Å². The molecule has 0 aromatic heterocycles. The number of hydrogen-bond donors (Lipinski definition) is 2. The van der Waals surface area contributed by atoms with Crippen LogP contribution in [0.25, 0.3) is 0 Å². The highest BCUT2D eigenvalue weighted by atomic mass is 16.5. The summed E-state index contributed by atoms with van der Waals surface area (Å²) in [5.74, 6) is -0.966. The maximum atomic E-state index is 12.7. The highest BCUT2D eigenvalue weighted by Gasteiger charge is 2.36. The number of nitrogens with one attached hydrogen (secondary N) is 1. The molecular weight excluding hydrogens is 462 g/mol. The van der Waals surface area contributed by atoms with E-state index in [1.54, 1.807) is 32.0 Å². The summed E-state index contributed by atoms with van der Waals surface area (Å²) in [6, 6.07) is 14.5. The Kier molecular flexibility index (Phi) is 8.57. The van der Waals surface area contributed by atoms with Crippen LogP contribution in [0, 0.1) is 11.3 Å². The van der Waals surface area contributed by atoms with Crippen molar-refractivity contribution >= 4 is 17.6 Å². The molecule has 3 N–H and O–H groups in total. The van der Waals surface area contributed by atoms with Gasteiger partial charge in [-0.1, -0.05) is 25.1 Å². The smallest absolute Gasteiger partial charge is 0.338 e. The van der Waals surface area contributed by atoms with Crippen LogP contribution in [-0.2, 0) is 25.5 Å². The van der Waals surface area contributed by atoms with E-state index in [4.69, 9.17) is 24.7 Å². The van der Waals surface area contributed by atoms with Crippen LogP contribution in [0.1, 0.15) is 37.8 Å². The minimum absolute atomic E-state index is 0.0767. The van der Waals surface area contributed by atoms with Gasteiger partial charge >= 0.3 is 5.97 Å². The second kappa shape index (κ2) is 11.8. The summed E-state index contributed by atoms with van der Waals surface area (Å²) < 4.78 is 21.8. The first-order valence-corrected chi connectivity index (χ1v) is 11.5. The number of allylic oxidation sites excluding steroid dienone is 2. The average Bonchev–Trinajstić information content (AvgIpc) is 2.87. The van der Waals surface area contributed by atoms with Gasteiger partial charge in [0, 0.05) is 5.69 Å². The number of amides is 1. The molecule has 1 aliphatic heterocycles. The van der Waals surface area contributed by atoms with Crippen LogP contribution in [0.4, 0.5) is 5.69 Å². The number of anilines is 1. The molecule has 0 saturated carbocycles. The molecule has 1 atom stereocenters. The lowest BCUT2D eigenvalue weighted by Crippen LogP contribution is -2.25. The van der Waals surface area contributed by atoms with Crippen molar-refractivity contribution in [1.82, 2.24) is 0 Å². The zero-order valence-electron chi connectivity index (χ0n) is 20.7. The summed E-state index contributed by atoms with van der Waals surface area (Å²) in [6.07, 6.45) is 0.913. The molecule has 0 fully saturated rings. The van der Waals surface area contributed by atoms with Crippen molar-refractivity contribution in [3.8, 4) is 17.6 Å². The molecule has 1 heterocycles. The molecule has 2 aromatic rings.